The lowest BCUT2D eigenvalue weighted by Gasteiger charge is -2.31. The van der Waals surface area contributed by atoms with Gasteiger partial charge in [-0.3, -0.25) is 33.0 Å². The molecule has 0 radical (unpaired) electrons. The van der Waals surface area contributed by atoms with E-state index in [2.05, 4.69) is 36.1 Å². The Morgan fingerprint density at radius 3 is 2.00 bits per heavy atom. The molecule has 8 atom stereocenters. The predicted molar refractivity (Wildman–Crippen MR) is 253 cm³/mol. The van der Waals surface area contributed by atoms with Crippen LogP contribution in [0.1, 0.15) is 52.0 Å². The van der Waals surface area contributed by atoms with Crippen LogP contribution in [0.3, 0.4) is 0 Å². The van der Waals surface area contributed by atoms with Crippen LogP contribution >= 0.6 is 31.2 Å². The lowest BCUT2D eigenvalue weighted by atomic mass is 10.1. The summed E-state index contributed by atoms with van der Waals surface area (Å²) in [6.07, 6.45) is -4.58. The van der Waals surface area contributed by atoms with Gasteiger partial charge in [0.1, 0.15) is 43.3 Å². The normalized spacial score (nSPS) is 20.6. The number of ether oxygens (including phenoxy) is 3. The van der Waals surface area contributed by atoms with Gasteiger partial charge < -0.3 is 33.5 Å². The number of benzene rings is 4. The molecule has 0 aliphatic carbocycles. The molecule has 2 heterocycles. The van der Waals surface area contributed by atoms with Crippen molar-refractivity contribution in [3.05, 3.63) is 156 Å². The van der Waals surface area contributed by atoms with Crippen LogP contribution < -0.4 is 25.9 Å². The summed E-state index contributed by atoms with van der Waals surface area (Å²) in [6, 6.07) is 27.7. The molecule has 5 aromatic rings. The Morgan fingerprint density at radius 1 is 0.897 bits per heavy atom. The quantitative estimate of drug-likeness (QED) is 0.0194. The minimum atomic E-state index is -4.68. The molecule has 1 aliphatic rings. The number of esters is 2. The van der Waals surface area contributed by atoms with Crippen molar-refractivity contribution in [1.29, 1.82) is 0 Å². The molecule has 4 unspecified atom stereocenters. The van der Waals surface area contributed by atoms with Crippen LogP contribution in [0.4, 0.5) is 0 Å². The Labute approximate surface area is 398 Å². The third-order valence-corrected chi connectivity index (χ3v) is 15.7. The fraction of sp³-hybridized carbons (Fsp3) is 0.364. The van der Waals surface area contributed by atoms with E-state index in [0.717, 1.165) is 27.8 Å². The van der Waals surface area contributed by atoms with E-state index in [9.17, 15) is 44.1 Å². The van der Waals surface area contributed by atoms with Crippen LogP contribution in [0, 0.1) is 0 Å². The molecule has 0 amide bonds. The Bertz CT molecular complexity index is 2810. The van der Waals surface area contributed by atoms with Crippen molar-refractivity contribution in [3.8, 4) is 5.75 Å². The molecule has 24 heteroatoms. The summed E-state index contributed by atoms with van der Waals surface area (Å²) in [5, 5.41) is 31.5. The molecule has 1 aliphatic heterocycles. The van der Waals surface area contributed by atoms with E-state index in [4.69, 9.17) is 27.8 Å². The smallest absolute Gasteiger partial charge is 0.459 e. The average molecular weight is 1040 g/mol. The van der Waals surface area contributed by atoms with Crippen molar-refractivity contribution < 1.29 is 56.7 Å². The van der Waals surface area contributed by atoms with Gasteiger partial charge in [0.2, 0.25) is 5.72 Å². The number of carbonyl (C=O) groups excluding carboxylic acids is 2. The Balaban J connectivity index is 0.000000345. The number of aromatic amines is 1. The highest BCUT2D eigenvalue weighted by atomic mass is 79.9. The zero-order valence-electron chi connectivity index (χ0n) is 37.8. The third kappa shape index (κ3) is 13.4. The highest BCUT2D eigenvalue weighted by Crippen LogP contribution is 2.55. The molecule has 1 saturated heterocycles. The van der Waals surface area contributed by atoms with Gasteiger partial charge in [-0.25, -0.2) is 14.4 Å². The standard InChI is InChI=1S/C29H28BrN6O10P.C15H24NO4P/c1-17(27(40)43-15-18-7-3-2-4-8-18)33-47(42,46-21-12-11-19-9-5-6-10-20(19)23(21)30)44-16-29(34-35-31)25(39)24(38)26(45-29)36-14-13-22(37)32-28(36)41;1-12(16-21(18,19-5)15(2,3)4)14(17)20-11-13-9-7-6-8-10-13/h2-14,17,24-26,38-39H,15-16H2,1H3,(H,33,42)(H,32,37,41);6-10,12H,11H2,1-5H3,(H,16,18)/t17?,24-,25+,26-,29-,47?;/m1./s1. The van der Waals surface area contributed by atoms with E-state index < -0.39 is 86.5 Å². The molecular formula is C44H52BrN7O14P2. The van der Waals surface area contributed by atoms with Gasteiger partial charge in [-0.2, -0.15) is 5.09 Å². The maximum atomic E-state index is 14.4. The van der Waals surface area contributed by atoms with Gasteiger partial charge in [-0.05, 0) is 84.0 Å². The average Bonchev–Trinajstić information content (AvgIpc) is 3.56. The number of aromatic nitrogens is 2. The van der Waals surface area contributed by atoms with E-state index in [0.29, 0.717) is 15.4 Å². The number of nitrogens with zero attached hydrogens (tertiary/aromatic N) is 4. The first-order chi connectivity index (χ1) is 32.1. The Hall–Kier alpha value is -5.47. The highest BCUT2D eigenvalue weighted by molar-refractivity contribution is 9.10. The maximum Gasteiger partial charge on any atom is 0.459 e. The molecule has 0 saturated carbocycles. The summed E-state index contributed by atoms with van der Waals surface area (Å²) < 4.78 is 61.1. The zero-order chi connectivity index (χ0) is 49.9. The van der Waals surface area contributed by atoms with Crippen molar-refractivity contribution in [1.82, 2.24) is 19.7 Å². The Morgan fingerprint density at radius 2 is 1.46 bits per heavy atom. The van der Waals surface area contributed by atoms with Gasteiger partial charge in [0.05, 0.1) is 16.2 Å². The van der Waals surface area contributed by atoms with E-state index in [-0.39, 0.29) is 19.0 Å². The molecule has 68 heavy (non-hydrogen) atoms. The van der Waals surface area contributed by atoms with Crippen molar-refractivity contribution in [2.75, 3.05) is 13.7 Å². The van der Waals surface area contributed by atoms with Gasteiger partial charge in [-0.1, -0.05) is 96.1 Å². The first-order valence-electron chi connectivity index (χ1n) is 20.8. The van der Waals surface area contributed by atoms with Gasteiger partial charge >= 0.3 is 25.4 Å². The van der Waals surface area contributed by atoms with E-state index in [1.807, 2.05) is 47.4 Å². The Kier molecular flexibility index (Phi) is 18.3. The second kappa shape index (κ2) is 23.2. The number of hydrogen-bond acceptors (Lipinski definition) is 15. The molecule has 0 spiro atoms. The fourth-order valence-corrected chi connectivity index (χ4v) is 10.3. The summed E-state index contributed by atoms with van der Waals surface area (Å²) in [7, 11) is -6.44. The van der Waals surface area contributed by atoms with Gasteiger partial charge in [0.15, 0.2) is 6.23 Å². The minimum Gasteiger partial charge on any atom is -0.460 e. The molecule has 21 nitrogen and oxygen atoms in total. The molecule has 6 rings (SSSR count). The van der Waals surface area contributed by atoms with E-state index >= 15 is 0 Å². The number of aliphatic hydroxyl groups excluding tert-OH is 2. The lowest BCUT2D eigenvalue weighted by Crippen LogP contribution is -2.45. The molecule has 0 bridgehead atoms. The maximum absolute atomic E-state index is 14.4. The molecule has 1 fully saturated rings. The van der Waals surface area contributed by atoms with Crippen LogP contribution in [0.5, 0.6) is 5.75 Å². The van der Waals surface area contributed by atoms with Gasteiger partial charge in [0, 0.05) is 24.3 Å². The monoisotopic (exact) mass is 1040 g/mol. The number of hydrogen-bond donors (Lipinski definition) is 5. The van der Waals surface area contributed by atoms with Gasteiger partial charge in [0.25, 0.3) is 13.1 Å². The number of nitrogens with one attached hydrogen (secondary N) is 3. The van der Waals surface area contributed by atoms with Crippen molar-refractivity contribution in [2.45, 2.75) is 89.2 Å². The second-order valence-corrected chi connectivity index (χ2v) is 21.8. The third-order valence-electron chi connectivity index (χ3n) is 10.2. The number of carbonyl (C=O) groups is 2. The minimum absolute atomic E-state index is 0.0350. The zero-order valence-corrected chi connectivity index (χ0v) is 41.1. The summed E-state index contributed by atoms with van der Waals surface area (Å²) in [5.74, 6) is -1.23. The summed E-state index contributed by atoms with van der Waals surface area (Å²) in [5.41, 5.74) is 6.77. The van der Waals surface area contributed by atoms with Crippen LogP contribution in [0.2, 0.25) is 0 Å². The van der Waals surface area contributed by atoms with E-state index in [1.165, 1.54) is 20.1 Å². The van der Waals surface area contributed by atoms with E-state index in [1.54, 1.807) is 76.2 Å². The topological polar surface area (TPSA) is 292 Å². The van der Waals surface area contributed by atoms with Gasteiger partial charge in [-0.15, -0.1) is 0 Å². The number of halogens is 1. The first-order valence-corrected chi connectivity index (χ1v) is 24.8. The largest absolute Gasteiger partial charge is 0.460 e. The van der Waals surface area contributed by atoms with Crippen molar-refractivity contribution >= 4 is 53.9 Å². The number of rotatable bonds is 18. The summed E-state index contributed by atoms with van der Waals surface area (Å²) in [6.45, 7) is 7.48. The number of H-pyrrole nitrogens is 1. The lowest BCUT2D eigenvalue weighted by molar-refractivity contribution is -0.147. The number of azide groups is 1. The first kappa shape index (κ1) is 53.5. The summed E-state index contributed by atoms with van der Waals surface area (Å²) >= 11 is 3.45. The molecule has 5 N–H and O–H groups in total. The molecule has 1 aromatic heterocycles. The molecular weight excluding hydrogens is 992 g/mol. The van der Waals surface area contributed by atoms with Crippen LogP contribution in [0.25, 0.3) is 21.2 Å². The summed E-state index contributed by atoms with van der Waals surface area (Å²) in [4.78, 5) is 53.5. The molecule has 4 aromatic carbocycles. The second-order valence-electron chi connectivity index (χ2n) is 16.2. The fourth-order valence-electron chi connectivity index (χ4n) is 6.43. The predicted octanol–water partition coefficient (Wildman–Crippen LogP) is 6.98. The van der Waals surface area contributed by atoms with Crippen LogP contribution in [0.15, 0.2) is 129 Å². The SMILES string of the molecule is CC(NP(=O)(OC[C@@]1(N=[N+]=[N-])O[C@@H](n2ccc(=O)[nH]c2=O)[C@H](O)[C@@H]1O)Oc1ccc2ccccc2c1Br)C(=O)OCc1ccccc1.COP(=O)(NC(C)C(=O)OCc1ccccc1)C(C)(C)C. The molecule has 364 valence electrons. The van der Waals surface area contributed by atoms with Crippen LogP contribution in [-0.2, 0) is 55.2 Å². The van der Waals surface area contributed by atoms with Crippen LogP contribution in [-0.4, -0.2) is 80.6 Å². The number of fused-ring (bicyclic) bond motifs is 1. The number of aliphatic hydroxyl groups is 2. The van der Waals surface area contributed by atoms with Crippen molar-refractivity contribution in [3.63, 3.8) is 0 Å². The highest BCUT2D eigenvalue weighted by Gasteiger charge is 2.56. The van der Waals surface area contributed by atoms with Crippen molar-refractivity contribution in [2.24, 2.45) is 5.11 Å².